The number of hydrogen-bond acceptors (Lipinski definition) is 4. The van der Waals surface area contributed by atoms with Gasteiger partial charge in [0, 0.05) is 19.7 Å². The van der Waals surface area contributed by atoms with Crippen molar-refractivity contribution in [2.45, 2.75) is 13.8 Å². The van der Waals surface area contributed by atoms with Crippen LogP contribution in [0.15, 0.2) is 24.3 Å². The van der Waals surface area contributed by atoms with E-state index in [1.807, 2.05) is 0 Å². The molecule has 104 valence electrons. The molecule has 1 N–H and O–H groups in total. The maximum absolute atomic E-state index is 11.3. The monoisotopic (exact) mass is 266 g/mol. The third kappa shape index (κ3) is 5.29. The van der Waals surface area contributed by atoms with Gasteiger partial charge in [-0.25, -0.2) is 4.79 Å². The van der Waals surface area contributed by atoms with Gasteiger partial charge < -0.3 is 14.8 Å². The highest BCUT2D eigenvalue weighted by Crippen LogP contribution is 2.15. The minimum Gasteiger partial charge on any atom is -0.473 e. The average molecular weight is 266 g/mol. The second-order valence-corrected chi connectivity index (χ2v) is 3.88. The maximum Gasteiger partial charge on any atom is 0.412 e. The highest BCUT2D eigenvalue weighted by molar-refractivity contribution is 5.88. The highest BCUT2D eigenvalue weighted by atomic mass is 16.6. The maximum atomic E-state index is 11.3. The molecule has 2 amide bonds. The van der Waals surface area contributed by atoms with Crippen molar-refractivity contribution in [2.75, 3.05) is 25.7 Å². The van der Waals surface area contributed by atoms with Gasteiger partial charge in [-0.15, -0.1) is 0 Å². The molecule has 0 bridgehead atoms. The molecule has 0 saturated heterocycles. The zero-order chi connectivity index (χ0) is 14.3. The van der Waals surface area contributed by atoms with Crippen molar-refractivity contribution in [3.8, 4) is 5.75 Å². The molecule has 19 heavy (non-hydrogen) atoms. The van der Waals surface area contributed by atoms with E-state index in [-0.39, 0.29) is 12.6 Å². The van der Waals surface area contributed by atoms with Crippen LogP contribution in [0, 0.1) is 0 Å². The predicted molar refractivity (Wildman–Crippen MR) is 71.0 cm³/mol. The van der Waals surface area contributed by atoms with Crippen LogP contribution in [0.2, 0.25) is 0 Å². The minimum atomic E-state index is -0.433. The predicted octanol–water partition coefficient (Wildman–Crippen LogP) is 2.07. The highest BCUT2D eigenvalue weighted by Gasteiger charge is 2.09. The lowest BCUT2D eigenvalue weighted by atomic mass is 10.3. The van der Waals surface area contributed by atoms with E-state index in [1.165, 1.54) is 11.8 Å². The second-order valence-electron chi connectivity index (χ2n) is 3.88. The van der Waals surface area contributed by atoms with Gasteiger partial charge in [-0.3, -0.25) is 9.69 Å². The summed E-state index contributed by atoms with van der Waals surface area (Å²) in [6.07, 6.45) is -0.433. The quantitative estimate of drug-likeness (QED) is 0.828. The molecular weight excluding hydrogens is 248 g/mol. The van der Waals surface area contributed by atoms with Crippen LogP contribution in [0.3, 0.4) is 0 Å². The Hall–Kier alpha value is -2.24. The molecule has 0 unspecified atom stereocenters. The fourth-order valence-electron chi connectivity index (χ4n) is 1.30. The molecule has 0 aliphatic rings. The Bertz CT molecular complexity index is 431. The van der Waals surface area contributed by atoms with Gasteiger partial charge in [0.05, 0.1) is 6.61 Å². The number of hydrogen-bond donors (Lipinski definition) is 1. The molecule has 0 fully saturated rings. The summed E-state index contributed by atoms with van der Waals surface area (Å²) >= 11 is 0. The third-order valence-corrected chi connectivity index (χ3v) is 2.18. The van der Waals surface area contributed by atoms with E-state index in [2.05, 4.69) is 5.32 Å². The van der Waals surface area contributed by atoms with Crippen LogP contribution >= 0.6 is 0 Å². The van der Waals surface area contributed by atoms with E-state index in [0.717, 1.165) is 0 Å². The Kier molecular flexibility index (Phi) is 5.66. The molecule has 0 atom stereocenters. The average Bonchev–Trinajstić information content (AvgIpc) is 2.37. The second kappa shape index (κ2) is 7.25. The molecule has 1 aromatic carbocycles. The van der Waals surface area contributed by atoms with E-state index in [9.17, 15) is 9.59 Å². The Morgan fingerprint density at radius 2 is 1.89 bits per heavy atom. The number of carbonyl (C=O) groups excluding carboxylic acids is 2. The van der Waals surface area contributed by atoms with Crippen LogP contribution in [0.1, 0.15) is 13.8 Å². The van der Waals surface area contributed by atoms with E-state index in [1.54, 1.807) is 38.2 Å². The van der Waals surface area contributed by atoms with Crippen molar-refractivity contribution in [3.63, 3.8) is 0 Å². The first-order chi connectivity index (χ1) is 9.02. The summed E-state index contributed by atoms with van der Waals surface area (Å²) < 4.78 is 10.2. The summed E-state index contributed by atoms with van der Waals surface area (Å²) in [5, 5.41) is 2.65. The van der Waals surface area contributed by atoms with Crippen molar-refractivity contribution in [2.24, 2.45) is 0 Å². The zero-order valence-corrected chi connectivity index (χ0v) is 11.3. The Balaban J connectivity index is 2.45. The van der Waals surface area contributed by atoms with Crippen LogP contribution in [0.4, 0.5) is 10.5 Å². The first kappa shape index (κ1) is 14.8. The number of rotatable bonds is 5. The van der Waals surface area contributed by atoms with Crippen LogP contribution in [0.5, 0.6) is 5.75 Å². The van der Waals surface area contributed by atoms with Crippen molar-refractivity contribution in [1.82, 2.24) is 4.90 Å². The molecular formula is C13H18N2O4. The van der Waals surface area contributed by atoms with Gasteiger partial charge >= 0.3 is 6.09 Å². The van der Waals surface area contributed by atoms with Crippen LogP contribution in [-0.4, -0.2) is 37.3 Å². The van der Waals surface area contributed by atoms with Crippen LogP contribution in [-0.2, 0) is 9.53 Å². The largest absolute Gasteiger partial charge is 0.473 e. The summed E-state index contributed by atoms with van der Waals surface area (Å²) in [5.74, 6) is 0.473. The lowest BCUT2D eigenvalue weighted by Gasteiger charge is -2.17. The Morgan fingerprint density at radius 3 is 2.42 bits per heavy atom. The molecule has 0 radical (unpaired) electrons. The zero-order valence-electron chi connectivity index (χ0n) is 11.3. The van der Waals surface area contributed by atoms with Gasteiger partial charge in [0.15, 0.2) is 6.73 Å². The summed E-state index contributed by atoms with van der Waals surface area (Å²) in [7, 11) is 1.59. The van der Waals surface area contributed by atoms with Gasteiger partial charge in [-0.1, -0.05) is 0 Å². The number of amides is 2. The number of carbonyl (C=O) groups is 2. The first-order valence-electron chi connectivity index (χ1n) is 5.91. The SMILES string of the molecule is CCOC(=O)N(C)COc1ccc(NC(C)=O)cc1. The number of nitrogens with zero attached hydrogens (tertiary/aromatic N) is 1. The normalized spacial score (nSPS) is 9.63. The fourth-order valence-corrected chi connectivity index (χ4v) is 1.30. The summed E-state index contributed by atoms with van der Waals surface area (Å²) in [6.45, 7) is 3.61. The number of nitrogens with one attached hydrogen (secondary N) is 1. The standard InChI is InChI=1S/C13H18N2O4/c1-4-18-13(17)15(3)9-19-12-7-5-11(6-8-12)14-10(2)16/h5-8H,4,9H2,1-3H3,(H,14,16). The molecule has 1 aromatic rings. The molecule has 0 aliphatic heterocycles. The van der Waals surface area contributed by atoms with E-state index < -0.39 is 6.09 Å². The lowest BCUT2D eigenvalue weighted by Crippen LogP contribution is -2.31. The van der Waals surface area contributed by atoms with Gasteiger partial charge in [-0.2, -0.15) is 0 Å². The van der Waals surface area contributed by atoms with Gasteiger partial charge in [0.25, 0.3) is 0 Å². The molecule has 0 aliphatic carbocycles. The third-order valence-electron chi connectivity index (χ3n) is 2.18. The van der Waals surface area contributed by atoms with Crippen molar-refractivity contribution >= 4 is 17.7 Å². The molecule has 1 rings (SSSR count). The molecule has 0 spiro atoms. The lowest BCUT2D eigenvalue weighted by molar-refractivity contribution is -0.114. The number of benzene rings is 1. The summed E-state index contributed by atoms with van der Waals surface area (Å²) in [4.78, 5) is 23.5. The van der Waals surface area contributed by atoms with E-state index in [0.29, 0.717) is 18.0 Å². The van der Waals surface area contributed by atoms with Gasteiger partial charge in [-0.05, 0) is 31.2 Å². The summed E-state index contributed by atoms with van der Waals surface area (Å²) in [5.41, 5.74) is 0.693. The number of anilines is 1. The Morgan fingerprint density at radius 1 is 1.26 bits per heavy atom. The Labute approximate surface area is 112 Å². The van der Waals surface area contributed by atoms with Crippen molar-refractivity contribution in [3.05, 3.63) is 24.3 Å². The van der Waals surface area contributed by atoms with Crippen LogP contribution in [0.25, 0.3) is 0 Å². The minimum absolute atomic E-state index is 0.0956. The molecule has 0 aromatic heterocycles. The van der Waals surface area contributed by atoms with E-state index in [4.69, 9.17) is 9.47 Å². The van der Waals surface area contributed by atoms with Gasteiger partial charge in [0.2, 0.25) is 5.91 Å². The first-order valence-corrected chi connectivity index (χ1v) is 5.91. The topological polar surface area (TPSA) is 67.9 Å². The molecule has 0 heterocycles. The molecule has 6 nitrogen and oxygen atoms in total. The smallest absolute Gasteiger partial charge is 0.412 e. The van der Waals surface area contributed by atoms with Crippen molar-refractivity contribution < 1.29 is 19.1 Å². The van der Waals surface area contributed by atoms with E-state index >= 15 is 0 Å². The summed E-state index contributed by atoms with van der Waals surface area (Å²) in [6, 6.07) is 6.87. The molecule has 6 heteroatoms. The van der Waals surface area contributed by atoms with Crippen molar-refractivity contribution in [1.29, 1.82) is 0 Å². The van der Waals surface area contributed by atoms with Crippen LogP contribution < -0.4 is 10.1 Å². The van der Waals surface area contributed by atoms with Gasteiger partial charge in [0.1, 0.15) is 5.75 Å². The fraction of sp³-hybridized carbons (Fsp3) is 0.385. The number of ether oxygens (including phenoxy) is 2. The molecule has 0 saturated carbocycles.